The quantitative estimate of drug-likeness (QED) is 0.814. The van der Waals surface area contributed by atoms with Crippen LogP contribution in [0.4, 0.5) is 4.39 Å². The van der Waals surface area contributed by atoms with E-state index in [9.17, 15) is 9.18 Å². The van der Waals surface area contributed by atoms with Crippen LogP contribution < -0.4 is 5.73 Å². The number of amides is 1. The monoisotopic (exact) mass is 242 g/mol. The molecule has 1 aromatic carbocycles. The van der Waals surface area contributed by atoms with Gasteiger partial charge in [0.25, 0.3) is 5.91 Å². The molecule has 1 aliphatic heterocycles. The molecule has 2 rings (SSSR count). The number of carbonyl (C=O) groups excluding carboxylic acids is 1. The number of hydrogen-bond donors (Lipinski definition) is 1. The molecular weight excluding hydrogens is 231 g/mol. The average molecular weight is 243 g/mol. The van der Waals surface area contributed by atoms with Gasteiger partial charge in [-0.3, -0.25) is 4.79 Å². The van der Waals surface area contributed by atoms with Crippen molar-refractivity contribution in [1.82, 2.24) is 4.90 Å². The Bertz CT molecular complexity index is 404. The second kappa shape index (κ2) is 4.39. The first-order chi connectivity index (χ1) is 7.59. The number of rotatable bonds is 1. The Morgan fingerprint density at radius 3 is 2.88 bits per heavy atom. The van der Waals surface area contributed by atoms with Crippen LogP contribution in [-0.2, 0) is 0 Å². The third-order valence-corrected chi connectivity index (χ3v) is 3.00. The number of hydrogen-bond acceptors (Lipinski definition) is 2. The van der Waals surface area contributed by atoms with Crippen LogP contribution in [0.25, 0.3) is 0 Å². The smallest absolute Gasteiger partial charge is 0.258 e. The molecule has 0 saturated carbocycles. The Labute approximate surface area is 98.0 Å². The lowest BCUT2D eigenvalue weighted by molar-refractivity contribution is 0.0786. The van der Waals surface area contributed by atoms with Crippen LogP contribution in [0.1, 0.15) is 16.8 Å². The molecule has 1 aliphatic rings. The van der Waals surface area contributed by atoms with Gasteiger partial charge >= 0.3 is 0 Å². The molecular formula is C11H12ClFN2O. The summed E-state index contributed by atoms with van der Waals surface area (Å²) in [5.41, 5.74) is 5.64. The maximum atomic E-state index is 13.5. The molecule has 1 atom stereocenters. The minimum absolute atomic E-state index is 0.0190. The normalized spacial score (nSPS) is 20.2. The van der Waals surface area contributed by atoms with Crippen molar-refractivity contribution in [2.45, 2.75) is 12.5 Å². The van der Waals surface area contributed by atoms with Gasteiger partial charge in [-0.25, -0.2) is 4.39 Å². The van der Waals surface area contributed by atoms with Crippen LogP contribution in [0.3, 0.4) is 0 Å². The summed E-state index contributed by atoms with van der Waals surface area (Å²) in [6.45, 7) is 1.02. The van der Waals surface area contributed by atoms with E-state index in [4.69, 9.17) is 17.3 Å². The number of benzene rings is 1. The highest BCUT2D eigenvalue weighted by atomic mass is 35.5. The zero-order valence-corrected chi connectivity index (χ0v) is 9.38. The van der Waals surface area contributed by atoms with Gasteiger partial charge in [-0.1, -0.05) is 17.7 Å². The summed E-state index contributed by atoms with van der Waals surface area (Å²) >= 11 is 5.82. The van der Waals surface area contributed by atoms with Gasteiger partial charge in [0.2, 0.25) is 0 Å². The first-order valence-corrected chi connectivity index (χ1v) is 5.46. The Balaban J connectivity index is 2.27. The van der Waals surface area contributed by atoms with Crippen molar-refractivity contribution in [3.05, 3.63) is 34.6 Å². The second-order valence-electron chi connectivity index (χ2n) is 3.90. The number of nitrogens with two attached hydrogens (primary N) is 1. The Kier molecular flexibility index (Phi) is 3.12. The summed E-state index contributed by atoms with van der Waals surface area (Å²) in [6, 6.07) is 4.20. The van der Waals surface area contributed by atoms with Gasteiger partial charge in [0.05, 0.1) is 10.6 Å². The maximum Gasteiger partial charge on any atom is 0.258 e. The summed E-state index contributed by atoms with van der Waals surface area (Å²) in [6.07, 6.45) is 0.748. The third kappa shape index (κ3) is 2.03. The molecule has 1 fully saturated rings. The molecule has 1 amide bonds. The third-order valence-electron chi connectivity index (χ3n) is 2.69. The van der Waals surface area contributed by atoms with Gasteiger partial charge in [-0.15, -0.1) is 0 Å². The lowest BCUT2D eigenvalue weighted by atomic mass is 10.2. The maximum absolute atomic E-state index is 13.5. The number of nitrogens with zero attached hydrogens (tertiary/aromatic N) is 1. The highest BCUT2D eigenvalue weighted by Gasteiger charge is 2.27. The van der Waals surface area contributed by atoms with Crippen molar-refractivity contribution in [3.63, 3.8) is 0 Å². The molecule has 2 N–H and O–H groups in total. The SMILES string of the molecule is N[C@@H]1CCN(C(=O)c2c(F)cccc2Cl)C1. The van der Waals surface area contributed by atoms with E-state index in [0.717, 1.165) is 6.42 Å². The van der Waals surface area contributed by atoms with Crippen molar-refractivity contribution in [3.8, 4) is 0 Å². The fraction of sp³-hybridized carbons (Fsp3) is 0.364. The molecule has 0 bridgehead atoms. The van der Waals surface area contributed by atoms with E-state index < -0.39 is 5.82 Å². The average Bonchev–Trinajstić information content (AvgIpc) is 2.64. The van der Waals surface area contributed by atoms with Crippen molar-refractivity contribution < 1.29 is 9.18 Å². The van der Waals surface area contributed by atoms with E-state index >= 15 is 0 Å². The zero-order valence-electron chi connectivity index (χ0n) is 8.62. The van der Waals surface area contributed by atoms with E-state index in [2.05, 4.69) is 0 Å². The van der Waals surface area contributed by atoms with Crippen LogP contribution in [-0.4, -0.2) is 29.9 Å². The van der Waals surface area contributed by atoms with Crippen molar-refractivity contribution in [2.75, 3.05) is 13.1 Å². The molecule has 0 aliphatic carbocycles. The lowest BCUT2D eigenvalue weighted by Gasteiger charge is -2.16. The fourth-order valence-electron chi connectivity index (χ4n) is 1.83. The van der Waals surface area contributed by atoms with Crippen molar-refractivity contribution in [2.24, 2.45) is 5.73 Å². The van der Waals surface area contributed by atoms with Crippen LogP contribution in [0.15, 0.2) is 18.2 Å². The largest absolute Gasteiger partial charge is 0.337 e. The standard InChI is InChI=1S/C11H12ClFN2O/c12-8-2-1-3-9(13)10(8)11(16)15-5-4-7(14)6-15/h1-3,7H,4-6,14H2/t7-/m1/s1. The molecule has 1 saturated heterocycles. The predicted molar refractivity (Wildman–Crippen MR) is 59.9 cm³/mol. The summed E-state index contributed by atoms with van der Waals surface area (Å²) in [4.78, 5) is 13.5. The summed E-state index contributed by atoms with van der Waals surface area (Å²) in [5.74, 6) is -0.964. The topological polar surface area (TPSA) is 46.3 Å². The van der Waals surface area contributed by atoms with Crippen LogP contribution in [0, 0.1) is 5.82 Å². The van der Waals surface area contributed by atoms with E-state index in [1.807, 2.05) is 0 Å². The molecule has 3 nitrogen and oxygen atoms in total. The molecule has 1 heterocycles. The molecule has 86 valence electrons. The van der Waals surface area contributed by atoms with E-state index in [-0.39, 0.29) is 22.5 Å². The lowest BCUT2D eigenvalue weighted by Crippen LogP contribution is -2.32. The minimum Gasteiger partial charge on any atom is -0.337 e. The highest BCUT2D eigenvalue weighted by molar-refractivity contribution is 6.33. The number of halogens is 2. The molecule has 16 heavy (non-hydrogen) atoms. The summed E-state index contributed by atoms with van der Waals surface area (Å²) in [7, 11) is 0. The molecule has 0 radical (unpaired) electrons. The van der Waals surface area contributed by atoms with Crippen LogP contribution in [0.5, 0.6) is 0 Å². The van der Waals surface area contributed by atoms with Gasteiger partial charge in [-0.2, -0.15) is 0 Å². The molecule has 0 unspecified atom stereocenters. The van der Waals surface area contributed by atoms with Gasteiger partial charge in [0, 0.05) is 19.1 Å². The summed E-state index contributed by atoms with van der Waals surface area (Å²) < 4.78 is 13.5. The van der Waals surface area contributed by atoms with E-state index in [0.29, 0.717) is 13.1 Å². The van der Waals surface area contributed by atoms with Crippen LogP contribution >= 0.6 is 11.6 Å². The first-order valence-electron chi connectivity index (χ1n) is 5.08. The number of carbonyl (C=O) groups is 1. The first kappa shape index (κ1) is 11.4. The van der Waals surface area contributed by atoms with Gasteiger partial charge in [0.1, 0.15) is 5.82 Å². The molecule has 1 aromatic rings. The minimum atomic E-state index is -0.585. The Hall–Kier alpha value is -1.13. The fourth-order valence-corrected chi connectivity index (χ4v) is 2.08. The second-order valence-corrected chi connectivity index (χ2v) is 4.30. The van der Waals surface area contributed by atoms with Gasteiger partial charge < -0.3 is 10.6 Å². The number of likely N-dealkylation sites (tertiary alicyclic amines) is 1. The van der Waals surface area contributed by atoms with E-state index in [1.165, 1.54) is 23.1 Å². The van der Waals surface area contributed by atoms with Crippen molar-refractivity contribution >= 4 is 17.5 Å². The van der Waals surface area contributed by atoms with E-state index in [1.54, 1.807) is 0 Å². The highest BCUT2D eigenvalue weighted by Crippen LogP contribution is 2.22. The zero-order chi connectivity index (χ0) is 11.7. The Morgan fingerprint density at radius 1 is 1.56 bits per heavy atom. The van der Waals surface area contributed by atoms with Crippen LogP contribution in [0.2, 0.25) is 5.02 Å². The van der Waals surface area contributed by atoms with Gasteiger partial charge in [0.15, 0.2) is 0 Å². The molecule has 5 heteroatoms. The predicted octanol–water partition coefficient (Wildman–Crippen LogP) is 1.65. The van der Waals surface area contributed by atoms with Crippen molar-refractivity contribution in [1.29, 1.82) is 0 Å². The molecule has 0 aromatic heterocycles. The molecule has 0 spiro atoms. The summed E-state index contributed by atoms with van der Waals surface area (Å²) in [5, 5.41) is 0.144. The Morgan fingerprint density at radius 2 is 2.31 bits per heavy atom. The van der Waals surface area contributed by atoms with Gasteiger partial charge in [-0.05, 0) is 18.6 Å².